The number of rotatable bonds is 1. The van der Waals surface area contributed by atoms with Crippen LogP contribution in [0.1, 0.15) is 12.1 Å². The van der Waals surface area contributed by atoms with Crippen LogP contribution in [0.25, 0.3) is 39.3 Å². The first-order chi connectivity index (χ1) is 14.8. The predicted octanol–water partition coefficient (Wildman–Crippen LogP) is 3.41. The first-order valence-corrected chi connectivity index (χ1v) is 9.98. The number of aromatic nitrogens is 4. The molecule has 4 aromatic rings. The molecule has 2 aliphatic carbocycles. The molecule has 30 heavy (non-hydrogen) atoms. The highest BCUT2D eigenvalue weighted by Gasteiger charge is 2.17. The number of hydrogen-bond donors (Lipinski definition) is 1. The van der Waals surface area contributed by atoms with Gasteiger partial charge in [0.1, 0.15) is 17.1 Å². The van der Waals surface area contributed by atoms with Crippen LogP contribution >= 0.6 is 0 Å². The van der Waals surface area contributed by atoms with Gasteiger partial charge < -0.3 is 5.11 Å². The molecule has 0 saturated carbocycles. The molecule has 0 fully saturated rings. The second kappa shape index (κ2) is 6.52. The van der Waals surface area contributed by atoms with Crippen LogP contribution in [0.2, 0.25) is 0 Å². The fourth-order valence-electron chi connectivity index (χ4n) is 4.17. The maximum atomic E-state index is 10.5. The van der Waals surface area contributed by atoms with Gasteiger partial charge in [-0.1, -0.05) is 42.5 Å². The maximum absolute atomic E-state index is 10.5. The van der Waals surface area contributed by atoms with Gasteiger partial charge >= 0.3 is 0 Å². The summed E-state index contributed by atoms with van der Waals surface area (Å²) in [5.74, 6) is 1.02. The molecule has 0 amide bonds. The van der Waals surface area contributed by atoms with E-state index < -0.39 is 0 Å². The van der Waals surface area contributed by atoms with Crippen LogP contribution in [0.4, 0.5) is 0 Å². The molecule has 1 aromatic carbocycles. The van der Waals surface area contributed by atoms with Gasteiger partial charge in [0.25, 0.3) is 0 Å². The van der Waals surface area contributed by atoms with Gasteiger partial charge in [-0.2, -0.15) is 0 Å². The minimum absolute atomic E-state index is 0.252. The van der Waals surface area contributed by atoms with Gasteiger partial charge in [-0.15, -0.1) is 0 Å². The van der Waals surface area contributed by atoms with E-state index in [9.17, 15) is 5.11 Å². The quantitative estimate of drug-likeness (QED) is 0.506. The second-order valence-corrected chi connectivity index (χ2v) is 7.45. The molecule has 0 aliphatic heterocycles. The lowest BCUT2D eigenvalue weighted by atomic mass is 10.1. The van der Waals surface area contributed by atoms with Crippen LogP contribution in [0.5, 0.6) is 0 Å². The third kappa shape index (κ3) is 2.52. The number of allylic oxidation sites excluding steroid dienone is 6. The Hall–Kier alpha value is -3.99. The lowest BCUT2D eigenvalue weighted by Crippen LogP contribution is -2.30. The monoisotopic (exact) mass is 390 g/mol. The fraction of sp³-hybridized carbons (Fsp3) is 0.0800. The fourth-order valence-corrected chi connectivity index (χ4v) is 4.17. The van der Waals surface area contributed by atoms with E-state index in [1.165, 1.54) is 0 Å². The predicted molar refractivity (Wildman–Crippen MR) is 119 cm³/mol. The molecule has 0 spiro atoms. The van der Waals surface area contributed by atoms with E-state index >= 15 is 0 Å². The first kappa shape index (κ1) is 16.9. The smallest absolute Gasteiger partial charge is 0.146 e. The lowest BCUT2D eigenvalue weighted by Gasteiger charge is -2.11. The van der Waals surface area contributed by atoms with E-state index in [4.69, 9.17) is 9.97 Å². The molecular formula is C25H18N4O. The van der Waals surface area contributed by atoms with Crippen LogP contribution in [-0.4, -0.2) is 24.6 Å². The highest BCUT2D eigenvalue weighted by Crippen LogP contribution is 2.23. The molecule has 0 unspecified atom stereocenters. The second-order valence-electron chi connectivity index (χ2n) is 7.45. The van der Waals surface area contributed by atoms with Gasteiger partial charge in [0.15, 0.2) is 0 Å². The van der Waals surface area contributed by atoms with Crippen LogP contribution in [0, 0.1) is 0 Å². The van der Waals surface area contributed by atoms with Crippen LogP contribution in [-0.2, 0) is 6.42 Å². The number of benzene rings is 1. The summed E-state index contributed by atoms with van der Waals surface area (Å²) in [6.45, 7) is 0. The van der Waals surface area contributed by atoms with Crippen LogP contribution in [0.3, 0.4) is 0 Å². The molecule has 3 aromatic heterocycles. The Kier molecular flexibility index (Phi) is 3.68. The molecule has 2 aliphatic rings. The Balaban J connectivity index is 1.72. The van der Waals surface area contributed by atoms with Crippen molar-refractivity contribution in [2.45, 2.75) is 12.8 Å². The summed E-state index contributed by atoms with van der Waals surface area (Å²) in [4.78, 5) is 14.5. The average Bonchev–Trinajstić information content (AvgIpc) is 3.18. The molecule has 5 nitrogen and oxygen atoms in total. The molecule has 3 heterocycles. The van der Waals surface area contributed by atoms with E-state index in [1.807, 2.05) is 36.4 Å². The Labute approximate surface area is 172 Å². The van der Waals surface area contributed by atoms with Gasteiger partial charge in [0, 0.05) is 29.0 Å². The van der Waals surface area contributed by atoms with E-state index in [2.05, 4.69) is 39.9 Å². The zero-order valence-electron chi connectivity index (χ0n) is 16.2. The van der Waals surface area contributed by atoms with Crippen molar-refractivity contribution in [3.8, 4) is 5.82 Å². The Morgan fingerprint density at radius 1 is 0.833 bits per heavy atom. The SMILES string of the molecule is OC1=CC=CCC1=c1nc2c(n1-c1ccc3ccc4cccnc4c3n1)=CC=CC2. The zero-order chi connectivity index (χ0) is 20.1. The van der Waals surface area contributed by atoms with Gasteiger partial charge in [0.05, 0.1) is 22.1 Å². The molecule has 0 bridgehead atoms. The third-order valence-corrected chi connectivity index (χ3v) is 5.63. The summed E-state index contributed by atoms with van der Waals surface area (Å²) >= 11 is 0. The molecular weight excluding hydrogens is 372 g/mol. The van der Waals surface area contributed by atoms with E-state index in [0.29, 0.717) is 6.42 Å². The van der Waals surface area contributed by atoms with Crippen molar-refractivity contribution in [3.05, 3.63) is 95.3 Å². The van der Waals surface area contributed by atoms with Gasteiger partial charge in [-0.3, -0.25) is 9.55 Å². The number of imidazole rings is 1. The zero-order valence-corrected chi connectivity index (χ0v) is 16.2. The van der Waals surface area contributed by atoms with Crippen molar-refractivity contribution in [3.63, 3.8) is 0 Å². The van der Waals surface area contributed by atoms with E-state index in [1.54, 1.807) is 12.3 Å². The van der Waals surface area contributed by atoms with Gasteiger partial charge in [-0.25, -0.2) is 9.97 Å². The summed E-state index contributed by atoms with van der Waals surface area (Å²) in [5, 5.41) is 13.6. The molecule has 0 radical (unpaired) electrons. The van der Waals surface area contributed by atoms with Crippen molar-refractivity contribution < 1.29 is 5.11 Å². The van der Waals surface area contributed by atoms with Gasteiger partial charge in [-0.05, 0) is 36.8 Å². The Morgan fingerprint density at radius 3 is 2.53 bits per heavy atom. The molecule has 1 N–H and O–H groups in total. The molecule has 0 atom stereocenters. The summed E-state index contributed by atoms with van der Waals surface area (Å²) in [6, 6.07) is 12.2. The maximum Gasteiger partial charge on any atom is 0.146 e. The largest absolute Gasteiger partial charge is 0.508 e. The van der Waals surface area contributed by atoms with E-state index in [0.717, 1.165) is 56.1 Å². The summed E-state index contributed by atoms with van der Waals surface area (Å²) in [7, 11) is 0. The number of fused-ring (bicyclic) bond motifs is 4. The van der Waals surface area contributed by atoms with Crippen molar-refractivity contribution >= 4 is 33.5 Å². The van der Waals surface area contributed by atoms with Crippen LogP contribution < -0.4 is 10.8 Å². The third-order valence-electron chi connectivity index (χ3n) is 5.63. The minimum Gasteiger partial charge on any atom is -0.508 e. The van der Waals surface area contributed by atoms with Crippen molar-refractivity contribution in [2.75, 3.05) is 0 Å². The number of nitrogens with zero attached hydrogens (tertiary/aromatic N) is 4. The van der Waals surface area contributed by atoms with Crippen LogP contribution in [0.15, 0.2) is 78.7 Å². The number of pyridine rings is 2. The van der Waals surface area contributed by atoms with Crippen molar-refractivity contribution in [1.82, 2.24) is 19.5 Å². The normalized spacial score (nSPS) is 17.1. The molecule has 0 saturated heterocycles. The summed E-state index contributed by atoms with van der Waals surface area (Å²) < 4.78 is 2.05. The summed E-state index contributed by atoms with van der Waals surface area (Å²) in [6.07, 6.45) is 15.0. The number of hydrogen-bond acceptors (Lipinski definition) is 4. The number of aliphatic hydroxyl groups is 1. The Bertz CT molecular complexity index is 1550. The molecule has 5 heteroatoms. The topological polar surface area (TPSA) is 63.8 Å². The lowest BCUT2D eigenvalue weighted by molar-refractivity contribution is 0.433. The first-order valence-electron chi connectivity index (χ1n) is 9.98. The Morgan fingerprint density at radius 2 is 1.63 bits per heavy atom. The highest BCUT2D eigenvalue weighted by atomic mass is 16.3. The number of aliphatic hydroxyl groups excluding tert-OH is 1. The van der Waals surface area contributed by atoms with E-state index in [-0.39, 0.29) is 5.76 Å². The van der Waals surface area contributed by atoms with Crippen molar-refractivity contribution in [1.29, 1.82) is 0 Å². The summed E-state index contributed by atoms with van der Waals surface area (Å²) in [5.41, 5.74) is 4.27. The standard InChI is InChI=1S/C25H18N4O/c30-21-10-4-1-7-18(21)25-27-19-8-2-3-9-20(19)29(25)22-14-13-17-12-11-16-6-5-15-26-23(16)24(17)28-22/h1-6,9-15,30H,7-8H2. The minimum atomic E-state index is 0.252. The van der Waals surface area contributed by atoms with Gasteiger partial charge in [0.2, 0.25) is 0 Å². The molecule has 144 valence electrons. The highest BCUT2D eigenvalue weighted by molar-refractivity contribution is 6.02. The average molecular weight is 390 g/mol. The molecule has 6 rings (SSSR count). The van der Waals surface area contributed by atoms with Crippen molar-refractivity contribution in [2.24, 2.45) is 0 Å².